The molecule has 2 rings (SSSR count). The van der Waals surface area contributed by atoms with Crippen LogP contribution in [0.25, 0.3) is 6.08 Å². The van der Waals surface area contributed by atoms with Crippen LogP contribution in [0.4, 0.5) is 5.69 Å². The van der Waals surface area contributed by atoms with Crippen LogP contribution < -0.4 is 10.1 Å². The second-order valence-electron chi connectivity index (χ2n) is 6.09. The van der Waals surface area contributed by atoms with Crippen LogP contribution in [0.3, 0.4) is 0 Å². The number of hydrogen-bond donors (Lipinski definition) is 1. The van der Waals surface area contributed by atoms with Crippen LogP contribution >= 0.6 is 15.9 Å². The Bertz CT molecular complexity index is 1010. The Kier molecular flexibility index (Phi) is 8.85. The maximum Gasteiger partial charge on any atom is 0.344 e. The molecule has 0 aliphatic carbocycles. The van der Waals surface area contributed by atoms with Crippen LogP contribution in [-0.4, -0.2) is 25.1 Å². The molecule has 0 atom stereocenters. The smallest absolute Gasteiger partial charge is 0.344 e. The van der Waals surface area contributed by atoms with Gasteiger partial charge < -0.3 is 14.8 Å². The molecule has 30 heavy (non-hydrogen) atoms. The van der Waals surface area contributed by atoms with Gasteiger partial charge in [-0.2, -0.15) is 5.26 Å². The molecule has 0 bridgehead atoms. The van der Waals surface area contributed by atoms with Crippen molar-refractivity contribution < 1.29 is 19.1 Å². The number of carbonyl (C=O) groups excluding carboxylic acids is 2. The summed E-state index contributed by atoms with van der Waals surface area (Å²) in [5.41, 5.74) is 1.95. The van der Waals surface area contributed by atoms with E-state index < -0.39 is 11.9 Å². The predicted molar refractivity (Wildman–Crippen MR) is 119 cm³/mol. The Balaban J connectivity index is 2.21. The van der Waals surface area contributed by atoms with E-state index in [0.29, 0.717) is 23.4 Å². The van der Waals surface area contributed by atoms with Crippen molar-refractivity contribution in [3.05, 3.63) is 76.3 Å². The number of nitrogens with one attached hydrogen (secondary N) is 1. The SMILES string of the molecule is C=CCc1cc(/C=C(/C#N)C(=O)Nc2cccc(Br)c2)ccc1OCC(=O)OCC. The first-order valence-electron chi connectivity index (χ1n) is 9.17. The van der Waals surface area contributed by atoms with E-state index in [4.69, 9.17) is 9.47 Å². The van der Waals surface area contributed by atoms with Gasteiger partial charge in [0, 0.05) is 10.2 Å². The van der Waals surface area contributed by atoms with Crippen molar-refractivity contribution in [2.75, 3.05) is 18.5 Å². The van der Waals surface area contributed by atoms with E-state index in [0.717, 1.165) is 10.0 Å². The maximum atomic E-state index is 12.5. The molecule has 0 unspecified atom stereocenters. The Morgan fingerprint density at radius 2 is 2.07 bits per heavy atom. The molecule has 0 radical (unpaired) electrons. The van der Waals surface area contributed by atoms with Crippen LogP contribution in [0.15, 0.2) is 65.2 Å². The van der Waals surface area contributed by atoms with Gasteiger partial charge in [0.15, 0.2) is 6.61 Å². The minimum Gasteiger partial charge on any atom is -0.482 e. The molecule has 7 heteroatoms. The number of amides is 1. The van der Waals surface area contributed by atoms with Gasteiger partial charge in [0.05, 0.1) is 6.61 Å². The molecule has 0 heterocycles. The Morgan fingerprint density at radius 3 is 2.73 bits per heavy atom. The zero-order chi connectivity index (χ0) is 21.9. The number of rotatable bonds is 9. The molecule has 0 aliphatic rings. The van der Waals surface area contributed by atoms with Gasteiger partial charge in [0.1, 0.15) is 17.4 Å². The summed E-state index contributed by atoms with van der Waals surface area (Å²) < 4.78 is 11.2. The standard InChI is InChI=1S/C23H21BrN2O4/c1-3-6-17-11-16(9-10-21(17)30-15-22(27)29-4-2)12-18(14-25)23(28)26-20-8-5-7-19(24)13-20/h3,5,7-13H,1,4,6,15H2,2H3,(H,26,28)/b18-12-. The van der Waals surface area contributed by atoms with E-state index in [-0.39, 0.29) is 18.8 Å². The van der Waals surface area contributed by atoms with Crippen LogP contribution in [0.5, 0.6) is 5.75 Å². The molecule has 0 spiro atoms. The van der Waals surface area contributed by atoms with E-state index in [1.807, 2.05) is 12.1 Å². The maximum absolute atomic E-state index is 12.5. The highest BCUT2D eigenvalue weighted by Gasteiger charge is 2.12. The van der Waals surface area contributed by atoms with Gasteiger partial charge in [-0.3, -0.25) is 4.79 Å². The van der Waals surface area contributed by atoms with Gasteiger partial charge in [0.2, 0.25) is 0 Å². The van der Waals surface area contributed by atoms with Crippen molar-refractivity contribution >= 4 is 39.6 Å². The Labute approximate surface area is 183 Å². The molecule has 0 saturated carbocycles. The summed E-state index contributed by atoms with van der Waals surface area (Å²) in [6, 6.07) is 14.2. The van der Waals surface area contributed by atoms with E-state index in [1.54, 1.807) is 49.4 Å². The summed E-state index contributed by atoms with van der Waals surface area (Å²) >= 11 is 3.34. The molecule has 1 amide bonds. The molecule has 1 N–H and O–H groups in total. The largest absolute Gasteiger partial charge is 0.482 e. The predicted octanol–water partition coefficient (Wildman–Crippen LogP) is 4.67. The molecular formula is C23H21BrN2O4. The third-order valence-electron chi connectivity index (χ3n) is 3.86. The van der Waals surface area contributed by atoms with Crippen LogP contribution in [-0.2, 0) is 20.7 Å². The fraction of sp³-hybridized carbons (Fsp3) is 0.174. The van der Waals surface area contributed by atoms with Gasteiger partial charge in [-0.1, -0.05) is 34.1 Å². The normalized spacial score (nSPS) is 10.6. The lowest BCUT2D eigenvalue weighted by Gasteiger charge is -2.11. The zero-order valence-electron chi connectivity index (χ0n) is 16.5. The fourth-order valence-electron chi connectivity index (χ4n) is 2.56. The number of nitriles is 1. The number of anilines is 1. The zero-order valence-corrected chi connectivity index (χ0v) is 18.1. The topological polar surface area (TPSA) is 88.4 Å². The second-order valence-corrected chi connectivity index (χ2v) is 7.00. The lowest BCUT2D eigenvalue weighted by atomic mass is 10.0. The minimum absolute atomic E-state index is 0.0419. The summed E-state index contributed by atoms with van der Waals surface area (Å²) in [6.45, 7) is 5.53. The number of carbonyl (C=O) groups is 2. The second kappa shape index (κ2) is 11.6. The van der Waals surface area contributed by atoms with Crippen molar-refractivity contribution in [1.29, 1.82) is 5.26 Å². The Morgan fingerprint density at radius 1 is 1.27 bits per heavy atom. The van der Waals surface area contributed by atoms with Crippen molar-refractivity contribution in [2.45, 2.75) is 13.3 Å². The fourth-order valence-corrected chi connectivity index (χ4v) is 2.96. The summed E-state index contributed by atoms with van der Waals surface area (Å²) in [5.74, 6) is -0.456. The first kappa shape index (κ1) is 22.9. The van der Waals surface area contributed by atoms with E-state index in [9.17, 15) is 14.9 Å². The van der Waals surface area contributed by atoms with Gasteiger partial charge in [0.25, 0.3) is 5.91 Å². The number of benzene rings is 2. The number of esters is 1. The lowest BCUT2D eigenvalue weighted by Crippen LogP contribution is -2.15. The number of allylic oxidation sites excluding steroid dienone is 1. The summed E-state index contributed by atoms with van der Waals surface area (Å²) in [4.78, 5) is 24.0. The summed E-state index contributed by atoms with van der Waals surface area (Å²) in [6.07, 6.45) is 3.69. The highest BCUT2D eigenvalue weighted by atomic mass is 79.9. The molecule has 0 fully saturated rings. The highest BCUT2D eigenvalue weighted by molar-refractivity contribution is 9.10. The van der Waals surface area contributed by atoms with E-state index >= 15 is 0 Å². The van der Waals surface area contributed by atoms with Crippen LogP contribution in [0.2, 0.25) is 0 Å². The van der Waals surface area contributed by atoms with E-state index in [1.165, 1.54) is 6.08 Å². The first-order valence-corrected chi connectivity index (χ1v) is 9.97. The van der Waals surface area contributed by atoms with Gasteiger partial charge in [-0.25, -0.2) is 4.79 Å². The number of nitrogens with zero attached hydrogens (tertiary/aromatic N) is 1. The van der Waals surface area contributed by atoms with Crippen molar-refractivity contribution in [2.24, 2.45) is 0 Å². The van der Waals surface area contributed by atoms with Crippen LogP contribution in [0, 0.1) is 11.3 Å². The van der Waals surface area contributed by atoms with Crippen molar-refractivity contribution in [3.63, 3.8) is 0 Å². The summed E-state index contributed by atoms with van der Waals surface area (Å²) in [5, 5.41) is 12.1. The third kappa shape index (κ3) is 6.90. The minimum atomic E-state index is -0.511. The molecular weight excluding hydrogens is 448 g/mol. The molecule has 0 saturated heterocycles. The van der Waals surface area contributed by atoms with Gasteiger partial charge in [-0.05, 0) is 60.9 Å². The van der Waals surface area contributed by atoms with Gasteiger partial charge in [-0.15, -0.1) is 6.58 Å². The van der Waals surface area contributed by atoms with Gasteiger partial charge >= 0.3 is 5.97 Å². The molecule has 154 valence electrons. The molecule has 0 aliphatic heterocycles. The lowest BCUT2D eigenvalue weighted by molar-refractivity contribution is -0.145. The number of hydrogen-bond acceptors (Lipinski definition) is 5. The van der Waals surface area contributed by atoms with Crippen molar-refractivity contribution in [1.82, 2.24) is 0 Å². The molecule has 2 aromatic carbocycles. The summed E-state index contributed by atoms with van der Waals surface area (Å²) in [7, 11) is 0. The average Bonchev–Trinajstić information content (AvgIpc) is 2.71. The Hall–Kier alpha value is -3.37. The number of halogens is 1. The van der Waals surface area contributed by atoms with Crippen LogP contribution in [0.1, 0.15) is 18.1 Å². The van der Waals surface area contributed by atoms with E-state index in [2.05, 4.69) is 27.8 Å². The molecule has 6 nitrogen and oxygen atoms in total. The molecule has 0 aromatic heterocycles. The first-order chi connectivity index (χ1) is 14.5. The monoisotopic (exact) mass is 468 g/mol. The number of ether oxygens (including phenoxy) is 2. The third-order valence-corrected chi connectivity index (χ3v) is 4.35. The highest BCUT2D eigenvalue weighted by Crippen LogP contribution is 2.23. The quantitative estimate of drug-likeness (QED) is 0.250. The molecule has 2 aromatic rings. The van der Waals surface area contributed by atoms with Crippen molar-refractivity contribution in [3.8, 4) is 11.8 Å². The average molecular weight is 469 g/mol.